The summed E-state index contributed by atoms with van der Waals surface area (Å²) in [7, 11) is -1.45. The standard InChI is InChI=1S/C28H46FN6O5P/c1-6-9-11-13-15-22(16-14-12-10-7-2)40-26(36)21(4)34-41(37)39-19-28(8-3,38-5)17-18-35-20-31-23-24(30)32-27(29)33-25(23)35/h3,20-22,41H,6-7,9-19H2,1-2,4-5H3,(H,34,37)(H2,30,32,33)/t21-,28-/m0/s1. The first-order chi connectivity index (χ1) is 19.7. The van der Waals surface area contributed by atoms with E-state index in [-0.39, 0.29) is 42.7 Å². The van der Waals surface area contributed by atoms with Gasteiger partial charge in [-0.2, -0.15) is 14.4 Å². The number of aryl methyl sites for hydroxylation is 1. The number of rotatable bonds is 21. The van der Waals surface area contributed by atoms with E-state index >= 15 is 0 Å². The smallest absolute Gasteiger partial charge is 0.323 e. The number of hydrogen-bond donors (Lipinski definition) is 2. The van der Waals surface area contributed by atoms with Crippen molar-refractivity contribution in [1.82, 2.24) is 24.6 Å². The van der Waals surface area contributed by atoms with E-state index in [0.29, 0.717) is 0 Å². The first-order valence-electron chi connectivity index (χ1n) is 14.5. The zero-order valence-corrected chi connectivity index (χ0v) is 25.8. The van der Waals surface area contributed by atoms with Crippen LogP contribution in [-0.4, -0.2) is 57.0 Å². The number of halogens is 1. The van der Waals surface area contributed by atoms with Crippen molar-refractivity contribution in [2.24, 2.45) is 0 Å². The molecule has 2 aromatic heterocycles. The topological polar surface area (TPSA) is 143 Å². The Bertz CT molecular complexity index is 1150. The van der Waals surface area contributed by atoms with Gasteiger partial charge in [-0.15, -0.1) is 6.42 Å². The van der Waals surface area contributed by atoms with E-state index in [1.165, 1.54) is 13.4 Å². The van der Waals surface area contributed by atoms with E-state index in [0.717, 1.165) is 64.2 Å². The van der Waals surface area contributed by atoms with Crippen molar-refractivity contribution in [2.45, 2.75) is 116 Å². The van der Waals surface area contributed by atoms with E-state index in [9.17, 15) is 13.8 Å². The Morgan fingerprint density at radius 1 is 1.20 bits per heavy atom. The van der Waals surface area contributed by atoms with Gasteiger partial charge in [0.15, 0.2) is 17.1 Å². The largest absolute Gasteiger partial charge is 0.461 e. The van der Waals surface area contributed by atoms with Gasteiger partial charge < -0.3 is 24.3 Å². The molecule has 230 valence electrons. The van der Waals surface area contributed by atoms with Crippen molar-refractivity contribution in [3.8, 4) is 12.3 Å². The number of unbranched alkanes of at least 4 members (excludes halogenated alkanes) is 6. The molecule has 3 atom stereocenters. The van der Waals surface area contributed by atoms with Gasteiger partial charge in [0, 0.05) is 20.1 Å². The first kappa shape index (κ1) is 34.6. The van der Waals surface area contributed by atoms with Gasteiger partial charge in [0.2, 0.25) is 0 Å². The molecule has 2 heterocycles. The lowest BCUT2D eigenvalue weighted by molar-refractivity contribution is -0.151. The molecular weight excluding hydrogens is 550 g/mol. The van der Waals surface area contributed by atoms with Gasteiger partial charge in [-0.1, -0.05) is 58.3 Å². The van der Waals surface area contributed by atoms with Gasteiger partial charge in [-0.3, -0.25) is 9.36 Å². The molecule has 0 spiro atoms. The molecule has 13 heteroatoms. The molecule has 0 radical (unpaired) electrons. The molecule has 0 aromatic carbocycles. The van der Waals surface area contributed by atoms with Crippen LogP contribution in [0.1, 0.15) is 91.4 Å². The monoisotopic (exact) mass is 596 g/mol. The fourth-order valence-corrected chi connectivity index (χ4v) is 5.31. The Labute approximate surface area is 243 Å². The summed E-state index contributed by atoms with van der Waals surface area (Å²) in [5.41, 5.74) is 4.96. The van der Waals surface area contributed by atoms with Crippen molar-refractivity contribution >= 4 is 31.1 Å². The van der Waals surface area contributed by atoms with Gasteiger partial charge in [0.25, 0.3) is 8.18 Å². The van der Waals surface area contributed by atoms with Crippen LogP contribution in [0.4, 0.5) is 10.2 Å². The summed E-state index contributed by atoms with van der Waals surface area (Å²) >= 11 is 0. The summed E-state index contributed by atoms with van der Waals surface area (Å²) in [6, 6.07) is -0.824. The maximum atomic E-state index is 13.7. The van der Waals surface area contributed by atoms with Crippen LogP contribution in [0, 0.1) is 18.4 Å². The van der Waals surface area contributed by atoms with Crippen LogP contribution in [0.2, 0.25) is 0 Å². The molecule has 41 heavy (non-hydrogen) atoms. The number of nitrogen functional groups attached to an aromatic ring is 1. The molecular formula is C28H46FN6O5P. The third-order valence-corrected chi connectivity index (χ3v) is 8.12. The van der Waals surface area contributed by atoms with E-state index in [1.807, 2.05) is 0 Å². The highest BCUT2D eigenvalue weighted by atomic mass is 31.1. The predicted molar refractivity (Wildman–Crippen MR) is 158 cm³/mol. The lowest BCUT2D eigenvalue weighted by Gasteiger charge is -2.27. The van der Waals surface area contributed by atoms with Crippen LogP contribution in [0.5, 0.6) is 0 Å². The Balaban J connectivity index is 1.90. The molecule has 0 amide bonds. The summed E-state index contributed by atoms with van der Waals surface area (Å²) in [6.07, 6.45) is 16.8. The van der Waals surface area contributed by atoms with Gasteiger partial charge in [0.05, 0.1) is 12.9 Å². The molecule has 11 nitrogen and oxygen atoms in total. The van der Waals surface area contributed by atoms with Crippen LogP contribution in [0.3, 0.4) is 0 Å². The second-order valence-electron chi connectivity index (χ2n) is 10.3. The fraction of sp³-hybridized carbons (Fsp3) is 0.714. The van der Waals surface area contributed by atoms with Crippen molar-refractivity contribution in [1.29, 1.82) is 0 Å². The highest BCUT2D eigenvalue weighted by molar-refractivity contribution is 7.36. The Kier molecular flexibility index (Phi) is 15.3. The SMILES string of the molecule is C#C[C@](CCn1cnc2c(N)nc(F)nc21)(CO[PH](=O)N[C@@H](C)C(=O)OC(CCCCCC)CCCCCC)OC. The lowest BCUT2D eigenvalue weighted by Crippen LogP contribution is -2.37. The molecule has 0 saturated heterocycles. The molecule has 3 N–H and O–H groups in total. The average Bonchev–Trinajstić information content (AvgIpc) is 3.36. The highest BCUT2D eigenvalue weighted by Gasteiger charge is 2.30. The number of nitrogens with zero attached hydrogens (tertiary/aromatic N) is 4. The van der Waals surface area contributed by atoms with E-state index in [2.05, 4.69) is 39.8 Å². The van der Waals surface area contributed by atoms with Crippen LogP contribution in [0.25, 0.3) is 11.2 Å². The molecule has 0 fully saturated rings. The predicted octanol–water partition coefficient (Wildman–Crippen LogP) is 5.19. The minimum atomic E-state index is -2.87. The average molecular weight is 597 g/mol. The number of fused-ring (bicyclic) bond motifs is 1. The molecule has 2 aromatic rings. The third-order valence-electron chi connectivity index (χ3n) is 7.04. The summed E-state index contributed by atoms with van der Waals surface area (Å²) in [5, 5.41) is 2.70. The number of nitrogens with one attached hydrogen (secondary N) is 1. The number of imidazole rings is 1. The molecule has 0 saturated carbocycles. The van der Waals surface area contributed by atoms with Gasteiger partial charge in [-0.25, -0.2) is 10.1 Å². The third kappa shape index (κ3) is 11.3. The zero-order chi connectivity index (χ0) is 30.3. The molecule has 1 unspecified atom stereocenters. The number of aromatic nitrogens is 4. The maximum Gasteiger partial charge on any atom is 0.323 e. The number of ether oxygens (including phenoxy) is 2. The van der Waals surface area contributed by atoms with Gasteiger partial charge in [0.1, 0.15) is 17.7 Å². The number of esters is 1. The minimum Gasteiger partial charge on any atom is -0.461 e. The van der Waals surface area contributed by atoms with E-state index < -0.39 is 31.9 Å². The minimum absolute atomic E-state index is 0.0684. The highest BCUT2D eigenvalue weighted by Crippen LogP contribution is 2.26. The number of hydrogen-bond acceptors (Lipinski definition) is 9. The number of methoxy groups -OCH3 is 1. The maximum absolute atomic E-state index is 13.7. The summed E-state index contributed by atoms with van der Waals surface area (Å²) < 4.78 is 44.8. The molecule has 2 rings (SSSR count). The number of carbonyl (C=O) groups excluding carboxylic acids is 1. The number of anilines is 1. The van der Waals surface area contributed by atoms with Crippen LogP contribution < -0.4 is 10.8 Å². The number of nitrogens with two attached hydrogens (primary N) is 1. The first-order valence-corrected chi connectivity index (χ1v) is 15.8. The molecule has 0 aliphatic rings. The second kappa shape index (κ2) is 18.1. The van der Waals surface area contributed by atoms with Crippen LogP contribution in [0.15, 0.2) is 6.33 Å². The van der Waals surface area contributed by atoms with Crippen molar-refractivity contribution in [2.75, 3.05) is 19.5 Å². The quantitative estimate of drug-likeness (QED) is 0.0649. The van der Waals surface area contributed by atoms with E-state index in [1.54, 1.807) is 11.5 Å². The normalized spacial score (nSPS) is 14.6. The number of carbonyl (C=O) groups is 1. The Hall–Kier alpha value is -2.58. The summed E-state index contributed by atoms with van der Waals surface area (Å²) in [6.45, 7) is 5.96. The molecule has 0 bridgehead atoms. The van der Waals surface area contributed by atoms with Crippen molar-refractivity contribution in [3.63, 3.8) is 0 Å². The van der Waals surface area contributed by atoms with Gasteiger partial charge in [-0.05, 0) is 32.6 Å². The van der Waals surface area contributed by atoms with Crippen molar-refractivity contribution in [3.05, 3.63) is 12.4 Å². The van der Waals surface area contributed by atoms with Crippen molar-refractivity contribution < 1.29 is 27.7 Å². The van der Waals surface area contributed by atoms with Crippen LogP contribution >= 0.6 is 8.18 Å². The van der Waals surface area contributed by atoms with Crippen LogP contribution in [-0.2, 0) is 29.9 Å². The van der Waals surface area contributed by atoms with E-state index in [4.69, 9.17) is 26.2 Å². The van der Waals surface area contributed by atoms with Gasteiger partial charge >= 0.3 is 12.0 Å². The molecule has 0 aliphatic heterocycles. The summed E-state index contributed by atoms with van der Waals surface area (Å²) in [5.74, 6) is 2.03. The molecule has 0 aliphatic carbocycles. The Morgan fingerprint density at radius 2 is 1.85 bits per heavy atom. The number of terminal acetylenes is 1. The zero-order valence-electron chi connectivity index (χ0n) is 24.8. The second-order valence-corrected chi connectivity index (χ2v) is 11.4. The Morgan fingerprint density at radius 3 is 2.44 bits per heavy atom. The lowest BCUT2D eigenvalue weighted by atomic mass is 10.0. The fourth-order valence-electron chi connectivity index (χ4n) is 4.39. The summed E-state index contributed by atoms with van der Waals surface area (Å²) in [4.78, 5) is 24.2.